The molecule has 4 aromatic rings. The molecule has 0 fully saturated rings. The summed E-state index contributed by atoms with van der Waals surface area (Å²) in [4.78, 5) is 17.2. The molecule has 4 rings (SSSR count). The van der Waals surface area contributed by atoms with Crippen LogP contribution in [0.2, 0.25) is 0 Å². The van der Waals surface area contributed by atoms with Crippen LogP contribution in [0.1, 0.15) is 34.5 Å². The third-order valence-corrected chi connectivity index (χ3v) is 5.40. The number of benzene rings is 3. The first-order chi connectivity index (χ1) is 14.6. The molecule has 0 unspecified atom stereocenters. The second kappa shape index (κ2) is 8.95. The lowest BCUT2D eigenvalue weighted by Crippen LogP contribution is -2.25. The van der Waals surface area contributed by atoms with E-state index in [0.717, 1.165) is 29.8 Å². The molecular weight excluding hydrogens is 370 g/mol. The molecule has 0 saturated carbocycles. The second-order valence-corrected chi connectivity index (χ2v) is 7.85. The number of imidazole rings is 1. The Labute approximate surface area is 177 Å². The van der Waals surface area contributed by atoms with Crippen LogP contribution >= 0.6 is 0 Å². The normalized spacial score (nSPS) is 11.0. The van der Waals surface area contributed by atoms with E-state index in [-0.39, 0.29) is 5.91 Å². The van der Waals surface area contributed by atoms with Gasteiger partial charge in [-0.25, -0.2) is 4.98 Å². The predicted octanol–water partition coefficient (Wildman–Crippen LogP) is 4.95. The highest BCUT2D eigenvalue weighted by molar-refractivity contribution is 5.77. The number of hydrogen-bond acceptors (Lipinski definition) is 2. The molecular formula is C26H27N3O. The van der Waals surface area contributed by atoms with Gasteiger partial charge in [0.2, 0.25) is 5.91 Å². The highest BCUT2D eigenvalue weighted by Gasteiger charge is 2.12. The molecule has 3 aromatic carbocycles. The molecule has 0 aliphatic rings. The monoisotopic (exact) mass is 397 g/mol. The van der Waals surface area contributed by atoms with Gasteiger partial charge >= 0.3 is 0 Å². The van der Waals surface area contributed by atoms with Crippen molar-refractivity contribution in [3.05, 3.63) is 101 Å². The van der Waals surface area contributed by atoms with Crippen molar-refractivity contribution in [3.8, 4) is 0 Å². The van der Waals surface area contributed by atoms with Crippen LogP contribution in [0, 0.1) is 13.8 Å². The first kappa shape index (κ1) is 19.9. The molecule has 0 atom stereocenters. The Kier molecular flexibility index (Phi) is 5.94. The molecule has 4 nitrogen and oxygen atoms in total. The van der Waals surface area contributed by atoms with Crippen molar-refractivity contribution in [2.24, 2.45) is 0 Å². The highest BCUT2D eigenvalue weighted by atomic mass is 16.1. The van der Waals surface area contributed by atoms with Crippen LogP contribution in [0.4, 0.5) is 0 Å². The standard InChI is InChI=1S/C26H27N3O/c1-19-7-11-21(12-8-19)15-16-26(30)27-17-25-28-23-5-3-4-6-24(23)29(25)18-22-13-9-20(2)10-14-22/h3-14H,15-18H2,1-2H3,(H,27,30). The number of fused-ring (bicyclic) bond motifs is 1. The zero-order valence-corrected chi connectivity index (χ0v) is 17.6. The van der Waals surface area contributed by atoms with E-state index in [1.165, 1.54) is 22.3 Å². The molecule has 1 aromatic heterocycles. The Hall–Kier alpha value is -3.40. The zero-order chi connectivity index (χ0) is 20.9. The smallest absolute Gasteiger partial charge is 0.220 e. The van der Waals surface area contributed by atoms with Gasteiger partial charge < -0.3 is 9.88 Å². The third kappa shape index (κ3) is 4.77. The van der Waals surface area contributed by atoms with Crippen LogP contribution in [0.15, 0.2) is 72.8 Å². The number of aromatic nitrogens is 2. The van der Waals surface area contributed by atoms with Gasteiger partial charge in [0.15, 0.2) is 0 Å². The summed E-state index contributed by atoms with van der Waals surface area (Å²) >= 11 is 0. The Balaban J connectivity index is 1.45. The number of carbonyl (C=O) groups is 1. The van der Waals surface area contributed by atoms with Gasteiger partial charge in [0, 0.05) is 13.0 Å². The third-order valence-electron chi connectivity index (χ3n) is 5.40. The molecule has 1 N–H and O–H groups in total. The number of rotatable bonds is 7. The number of carbonyl (C=O) groups excluding carboxylic acids is 1. The van der Waals surface area contributed by atoms with Crippen LogP contribution in [0.3, 0.4) is 0 Å². The molecule has 0 bridgehead atoms. The summed E-state index contributed by atoms with van der Waals surface area (Å²) < 4.78 is 2.19. The Morgan fingerprint density at radius 3 is 2.20 bits per heavy atom. The quantitative estimate of drug-likeness (QED) is 0.480. The summed E-state index contributed by atoms with van der Waals surface area (Å²) in [6, 6.07) is 25.0. The summed E-state index contributed by atoms with van der Waals surface area (Å²) in [6.07, 6.45) is 1.22. The van der Waals surface area contributed by atoms with Crippen LogP contribution in [0.25, 0.3) is 11.0 Å². The van der Waals surface area contributed by atoms with Gasteiger partial charge in [-0.2, -0.15) is 0 Å². The largest absolute Gasteiger partial charge is 0.349 e. The zero-order valence-electron chi connectivity index (χ0n) is 17.6. The van der Waals surface area contributed by atoms with Gasteiger partial charge in [-0.1, -0.05) is 71.8 Å². The maximum atomic E-state index is 12.4. The first-order valence-corrected chi connectivity index (χ1v) is 10.4. The van der Waals surface area contributed by atoms with Gasteiger partial charge in [-0.15, -0.1) is 0 Å². The number of para-hydroxylation sites is 2. The molecule has 30 heavy (non-hydrogen) atoms. The summed E-state index contributed by atoms with van der Waals surface area (Å²) in [5.41, 5.74) is 6.92. The van der Waals surface area contributed by atoms with Crippen molar-refractivity contribution in [2.75, 3.05) is 0 Å². The molecule has 0 saturated heterocycles. The number of aryl methyl sites for hydroxylation is 3. The summed E-state index contributed by atoms with van der Waals surface area (Å²) in [5.74, 6) is 0.921. The van der Waals surface area contributed by atoms with E-state index in [4.69, 9.17) is 4.98 Å². The second-order valence-electron chi connectivity index (χ2n) is 7.85. The first-order valence-electron chi connectivity index (χ1n) is 10.4. The van der Waals surface area contributed by atoms with Crippen molar-refractivity contribution in [2.45, 2.75) is 39.8 Å². The molecule has 1 heterocycles. The van der Waals surface area contributed by atoms with E-state index in [2.05, 4.69) is 78.3 Å². The average Bonchev–Trinajstić information content (AvgIpc) is 3.11. The minimum absolute atomic E-state index is 0.0458. The number of nitrogens with zero attached hydrogens (tertiary/aromatic N) is 2. The molecule has 152 valence electrons. The Bertz CT molecular complexity index is 1140. The highest BCUT2D eigenvalue weighted by Crippen LogP contribution is 2.18. The number of hydrogen-bond donors (Lipinski definition) is 1. The molecule has 4 heteroatoms. The SMILES string of the molecule is Cc1ccc(CCC(=O)NCc2nc3ccccc3n2Cc2ccc(C)cc2)cc1. The van der Waals surface area contributed by atoms with E-state index < -0.39 is 0 Å². The summed E-state index contributed by atoms with van der Waals surface area (Å²) in [6.45, 7) is 5.32. The maximum Gasteiger partial charge on any atom is 0.220 e. The lowest BCUT2D eigenvalue weighted by molar-refractivity contribution is -0.121. The topological polar surface area (TPSA) is 46.9 Å². The van der Waals surface area contributed by atoms with E-state index in [9.17, 15) is 4.79 Å². The molecule has 0 radical (unpaired) electrons. The molecule has 0 aliphatic carbocycles. The lowest BCUT2D eigenvalue weighted by atomic mass is 10.1. The predicted molar refractivity (Wildman–Crippen MR) is 121 cm³/mol. The van der Waals surface area contributed by atoms with E-state index in [1.807, 2.05) is 18.2 Å². The van der Waals surface area contributed by atoms with E-state index in [1.54, 1.807) is 0 Å². The molecule has 0 aliphatic heterocycles. The fourth-order valence-corrected chi connectivity index (χ4v) is 3.59. The van der Waals surface area contributed by atoms with Crippen LogP contribution in [-0.4, -0.2) is 15.5 Å². The van der Waals surface area contributed by atoms with Gasteiger partial charge in [0.25, 0.3) is 0 Å². The number of amides is 1. The van der Waals surface area contributed by atoms with Crippen molar-refractivity contribution >= 4 is 16.9 Å². The van der Waals surface area contributed by atoms with Crippen molar-refractivity contribution in [1.29, 1.82) is 0 Å². The van der Waals surface area contributed by atoms with Crippen LogP contribution in [-0.2, 0) is 24.3 Å². The molecule has 1 amide bonds. The fraction of sp³-hybridized carbons (Fsp3) is 0.231. The van der Waals surface area contributed by atoms with Crippen LogP contribution in [0.5, 0.6) is 0 Å². The minimum atomic E-state index is 0.0458. The van der Waals surface area contributed by atoms with E-state index >= 15 is 0 Å². The van der Waals surface area contributed by atoms with Crippen LogP contribution < -0.4 is 5.32 Å². The minimum Gasteiger partial charge on any atom is -0.349 e. The Morgan fingerprint density at radius 2 is 1.50 bits per heavy atom. The summed E-state index contributed by atoms with van der Waals surface area (Å²) in [5, 5.41) is 3.05. The lowest BCUT2D eigenvalue weighted by Gasteiger charge is -2.11. The average molecular weight is 398 g/mol. The van der Waals surface area contributed by atoms with Gasteiger partial charge in [0.1, 0.15) is 5.82 Å². The van der Waals surface area contributed by atoms with Gasteiger partial charge in [-0.05, 0) is 43.5 Å². The van der Waals surface area contributed by atoms with Crippen molar-refractivity contribution in [3.63, 3.8) is 0 Å². The van der Waals surface area contributed by atoms with Gasteiger partial charge in [-0.3, -0.25) is 4.79 Å². The summed E-state index contributed by atoms with van der Waals surface area (Å²) in [7, 11) is 0. The molecule has 0 spiro atoms. The van der Waals surface area contributed by atoms with Gasteiger partial charge in [0.05, 0.1) is 17.6 Å². The fourth-order valence-electron chi connectivity index (χ4n) is 3.59. The Morgan fingerprint density at radius 1 is 0.867 bits per heavy atom. The number of nitrogens with one attached hydrogen (secondary N) is 1. The maximum absolute atomic E-state index is 12.4. The van der Waals surface area contributed by atoms with Crippen molar-refractivity contribution < 1.29 is 4.79 Å². The van der Waals surface area contributed by atoms with E-state index in [0.29, 0.717) is 13.0 Å². The van der Waals surface area contributed by atoms with Crippen molar-refractivity contribution in [1.82, 2.24) is 14.9 Å².